The first kappa shape index (κ1) is 21.4. The van der Waals surface area contributed by atoms with Gasteiger partial charge in [-0.1, -0.05) is 47.5 Å². The molecule has 1 aliphatic heterocycles. The van der Waals surface area contributed by atoms with Gasteiger partial charge in [-0.2, -0.15) is 10.5 Å². The summed E-state index contributed by atoms with van der Waals surface area (Å²) in [4.78, 5) is 0. The van der Waals surface area contributed by atoms with Crippen molar-refractivity contribution < 1.29 is 14.6 Å². The van der Waals surface area contributed by atoms with Crippen molar-refractivity contribution in [3.63, 3.8) is 0 Å². The van der Waals surface area contributed by atoms with Crippen molar-refractivity contribution in [1.29, 1.82) is 10.5 Å². The fraction of sp³-hybridized carbons (Fsp3) is 0.0833. The summed E-state index contributed by atoms with van der Waals surface area (Å²) in [5.41, 5.74) is 8.61. The van der Waals surface area contributed by atoms with Gasteiger partial charge in [0.1, 0.15) is 29.7 Å². The number of nitriles is 2. The number of benzene rings is 3. The Balaban J connectivity index is 1.72. The molecule has 4 rings (SSSR count). The summed E-state index contributed by atoms with van der Waals surface area (Å²) in [5, 5.41) is 29.2. The molecule has 1 heterocycles. The third kappa shape index (κ3) is 3.90. The van der Waals surface area contributed by atoms with Crippen LogP contribution in [0, 0.1) is 22.7 Å². The minimum absolute atomic E-state index is 0.00757. The molecule has 0 fully saturated rings. The fourth-order valence-corrected chi connectivity index (χ4v) is 4.19. The van der Waals surface area contributed by atoms with Crippen molar-refractivity contribution in [2.75, 3.05) is 0 Å². The van der Waals surface area contributed by atoms with Gasteiger partial charge in [0.25, 0.3) is 0 Å². The highest BCUT2D eigenvalue weighted by molar-refractivity contribution is 6.37. The zero-order chi connectivity index (χ0) is 22.8. The second kappa shape index (κ2) is 8.72. The van der Waals surface area contributed by atoms with E-state index in [9.17, 15) is 15.6 Å². The summed E-state index contributed by atoms with van der Waals surface area (Å²) in [6.45, 7) is 0.109. The number of aromatic hydroxyl groups is 1. The van der Waals surface area contributed by atoms with E-state index in [4.69, 9.17) is 38.4 Å². The van der Waals surface area contributed by atoms with Crippen LogP contribution < -0.4 is 15.2 Å². The molecular formula is C24H15Cl2N3O3. The average molecular weight is 464 g/mol. The van der Waals surface area contributed by atoms with Crippen LogP contribution in [0.15, 0.2) is 66.1 Å². The summed E-state index contributed by atoms with van der Waals surface area (Å²) in [7, 11) is 0. The molecular weight excluding hydrogens is 449 g/mol. The highest BCUT2D eigenvalue weighted by Crippen LogP contribution is 2.46. The van der Waals surface area contributed by atoms with E-state index in [0.717, 1.165) is 0 Å². The summed E-state index contributed by atoms with van der Waals surface area (Å²) < 4.78 is 11.3. The highest BCUT2D eigenvalue weighted by atomic mass is 35.5. The van der Waals surface area contributed by atoms with Crippen LogP contribution in [0.4, 0.5) is 0 Å². The minimum Gasteiger partial charge on any atom is -0.508 e. The maximum Gasteiger partial charge on any atom is 0.205 e. The SMILES string of the molecule is N#CC1=C(N)Oc2cc(O)ccc2[C@H]1c1cc(Cl)c(OCc2ccccc2C#N)c(Cl)c1. The molecule has 0 radical (unpaired) electrons. The monoisotopic (exact) mass is 463 g/mol. The van der Waals surface area contributed by atoms with E-state index in [1.54, 1.807) is 36.4 Å². The Kier molecular flexibility index (Phi) is 5.83. The maximum atomic E-state index is 9.79. The van der Waals surface area contributed by atoms with Crippen LogP contribution in [0.2, 0.25) is 10.0 Å². The first-order chi connectivity index (χ1) is 15.4. The molecule has 1 atom stereocenters. The van der Waals surface area contributed by atoms with E-state index in [1.165, 1.54) is 12.1 Å². The van der Waals surface area contributed by atoms with E-state index in [1.807, 2.05) is 6.07 Å². The number of nitrogens with zero attached hydrogens (tertiary/aromatic N) is 2. The first-order valence-corrected chi connectivity index (χ1v) is 10.2. The highest BCUT2D eigenvalue weighted by Gasteiger charge is 2.32. The van der Waals surface area contributed by atoms with Gasteiger partial charge in [0.2, 0.25) is 5.88 Å². The van der Waals surface area contributed by atoms with Gasteiger partial charge in [-0.25, -0.2) is 0 Å². The Labute approximate surface area is 194 Å². The molecule has 3 N–H and O–H groups in total. The first-order valence-electron chi connectivity index (χ1n) is 9.43. The van der Waals surface area contributed by atoms with Crippen molar-refractivity contribution in [2.45, 2.75) is 12.5 Å². The smallest absolute Gasteiger partial charge is 0.205 e. The van der Waals surface area contributed by atoms with Crippen molar-refractivity contribution in [2.24, 2.45) is 5.73 Å². The van der Waals surface area contributed by atoms with E-state index in [-0.39, 0.29) is 39.6 Å². The standard InChI is InChI=1S/C24H15Cl2N3O3/c25-19-7-15(8-20(26)23(19)31-12-14-4-2-1-3-13(14)10-27)22-17-6-5-16(30)9-21(17)32-24(29)18(22)11-28/h1-9,22,30H,12,29H2/t22-/m1/s1. The molecule has 3 aromatic carbocycles. The van der Waals surface area contributed by atoms with Crippen LogP contribution in [0.3, 0.4) is 0 Å². The van der Waals surface area contributed by atoms with Gasteiger partial charge in [-0.15, -0.1) is 0 Å². The molecule has 158 valence electrons. The molecule has 0 aliphatic carbocycles. The van der Waals surface area contributed by atoms with Crippen LogP contribution >= 0.6 is 23.2 Å². The second-order valence-corrected chi connectivity index (χ2v) is 7.83. The van der Waals surface area contributed by atoms with E-state index >= 15 is 0 Å². The lowest BCUT2D eigenvalue weighted by molar-refractivity contribution is 0.306. The van der Waals surface area contributed by atoms with Gasteiger partial charge in [0, 0.05) is 17.2 Å². The van der Waals surface area contributed by atoms with Gasteiger partial charge in [0.05, 0.1) is 27.6 Å². The van der Waals surface area contributed by atoms with Crippen LogP contribution in [0.1, 0.15) is 28.2 Å². The lowest BCUT2D eigenvalue weighted by atomic mass is 9.83. The molecule has 0 spiro atoms. The van der Waals surface area contributed by atoms with Gasteiger partial charge < -0.3 is 20.3 Å². The van der Waals surface area contributed by atoms with Gasteiger partial charge >= 0.3 is 0 Å². The summed E-state index contributed by atoms with van der Waals surface area (Å²) in [5.74, 6) is -0.0392. The Bertz CT molecular complexity index is 1320. The molecule has 0 unspecified atom stereocenters. The molecule has 32 heavy (non-hydrogen) atoms. The fourth-order valence-electron chi connectivity index (χ4n) is 3.58. The Morgan fingerprint density at radius 2 is 1.75 bits per heavy atom. The molecule has 8 heteroatoms. The summed E-state index contributed by atoms with van der Waals surface area (Å²) in [6, 6.07) is 19.2. The molecule has 0 saturated heterocycles. The van der Waals surface area contributed by atoms with Crippen LogP contribution in [-0.4, -0.2) is 5.11 Å². The predicted molar refractivity (Wildman–Crippen MR) is 119 cm³/mol. The number of phenols is 1. The Morgan fingerprint density at radius 1 is 1.03 bits per heavy atom. The number of ether oxygens (including phenoxy) is 2. The number of hydrogen-bond acceptors (Lipinski definition) is 6. The van der Waals surface area contributed by atoms with Crippen molar-refractivity contribution >= 4 is 23.2 Å². The molecule has 0 amide bonds. The van der Waals surface area contributed by atoms with Gasteiger partial charge in [-0.3, -0.25) is 0 Å². The second-order valence-electron chi connectivity index (χ2n) is 7.02. The topological polar surface area (TPSA) is 112 Å². The number of nitrogens with two attached hydrogens (primary N) is 1. The molecule has 0 bridgehead atoms. The van der Waals surface area contributed by atoms with E-state index < -0.39 is 5.92 Å². The number of fused-ring (bicyclic) bond motifs is 1. The number of phenolic OH excluding ortho intramolecular Hbond substituents is 1. The Hall–Kier alpha value is -3.84. The third-order valence-electron chi connectivity index (χ3n) is 5.07. The number of allylic oxidation sites excluding steroid dienone is 1. The van der Waals surface area contributed by atoms with Crippen LogP contribution in [-0.2, 0) is 6.61 Å². The number of halogens is 2. The van der Waals surface area contributed by atoms with Crippen molar-refractivity contribution in [3.8, 4) is 29.4 Å². The quantitative estimate of drug-likeness (QED) is 0.537. The Morgan fingerprint density at radius 3 is 2.44 bits per heavy atom. The predicted octanol–water partition coefficient (Wildman–Crippen LogP) is 5.37. The van der Waals surface area contributed by atoms with Gasteiger partial charge in [-0.05, 0) is 29.8 Å². The number of hydrogen-bond donors (Lipinski definition) is 2. The van der Waals surface area contributed by atoms with Crippen molar-refractivity contribution in [1.82, 2.24) is 0 Å². The zero-order valence-electron chi connectivity index (χ0n) is 16.5. The molecule has 6 nitrogen and oxygen atoms in total. The van der Waals surface area contributed by atoms with Crippen LogP contribution in [0.5, 0.6) is 17.2 Å². The zero-order valence-corrected chi connectivity index (χ0v) is 18.0. The lowest BCUT2D eigenvalue weighted by Gasteiger charge is -2.27. The maximum absolute atomic E-state index is 9.79. The third-order valence-corrected chi connectivity index (χ3v) is 5.63. The lowest BCUT2D eigenvalue weighted by Crippen LogP contribution is -2.21. The largest absolute Gasteiger partial charge is 0.508 e. The van der Waals surface area contributed by atoms with Crippen molar-refractivity contribution in [3.05, 3.63) is 98.4 Å². The summed E-state index contributed by atoms with van der Waals surface area (Å²) in [6.07, 6.45) is 0. The van der Waals surface area contributed by atoms with E-state index in [2.05, 4.69) is 12.1 Å². The van der Waals surface area contributed by atoms with E-state index in [0.29, 0.717) is 28.0 Å². The molecule has 0 saturated carbocycles. The normalized spacial score (nSPS) is 14.7. The minimum atomic E-state index is -0.590. The molecule has 1 aliphatic rings. The average Bonchev–Trinajstić information content (AvgIpc) is 2.77. The molecule has 0 aromatic heterocycles. The molecule has 3 aromatic rings. The summed E-state index contributed by atoms with van der Waals surface area (Å²) >= 11 is 13.0. The number of rotatable bonds is 4. The van der Waals surface area contributed by atoms with Crippen LogP contribution in [0.25, 0.3) is 0 Å². The van der Waals surface area contributed by atoms with Gasteiger partial charge in [0.15, 0.2) is 5.75 Å².